The summed E-state index contributed by atoms with van der Waals surface area (Å²) in [6.07, 6.45) is 0. The Labute approximate surface area is 162 Å². The molecule has 0 amide bonds. The van der Waals surface area contributed by atoms with Gasteiger partial charge in [-0.25, -0.2) is 9.18 Å². The van der Waals surface area contributed by atoms with Crippen molar-refractivity contribution in [1.29, 1.82) is 0 Å². The Morgan fingerprint density at radius 2 is 1.81 bits per heavy atom. The Morgan fingerprint density at radius 1 is 1.15 bits per heavy atom. The van der Waals surface area contributed by atoms with Gasteiger partial charge in [-0.3, -0.25) is 4.90 Å². The molecule has 3 rings (SSSR count). The summed E-state index contributed by atoms with van der Waals surface area (Å²) in [5.41, 5.74) is 2.42. The molecule has 0 spiro atoms. The molecule has 0 saturated carbocycles. The number of nitrogens with one attached hydrogen (secondary N) is 1. The fourth-order valence-electron chi connectivity index (χ4n) is 3.13. The lowest BCUT2D eigenvalue weighted by Crippen LogP contribution is -2.48. The molecule has 0 saturated heterocycles. The summed E-state index contributed by atoms with van der Waals surface area (Å²) in [6.45, 7) is 1.79. The van der Waals surface area contributed by atoms with Crippen LogP contribution in [0.5, 0.6) is 5.75 Å². The van der Waals surface area contributed by atoms with Gasteiger partial charge in [0.05, 0.1) is 31.5 Å². The zero-order valence-electron chi connectivity index (χ0n) is 15.2. The molecule has 0 fully saturated rings. The van der Waals surface area contributed by atoms with E-state index in [1.54, 1.807) is 31.1 Å². The van der Waals surface area contributed by atoms with Crippen molar-refractivity contribution in [3.8, 4) is 5.75 Å². The molecule has 27 heavy (non-hydrogen) atoms. The molecule has 0 bridgehead atoms. The Hall–Kier alpha value is -2.93. The van der Waals surface area contributed by atoms with Crippen LogP contribution >= 0.6 is 12.2 Å². The van der Waals surface area contributed by atoms with Crippen LogP contribution in [0.1, 0.15) is 18.5 Å². The molecular formula is C20H19FN2O3S. The van der Waals surface area contributed by atoms with Gasteiger partial charge in [0, 0.05) is 5.70 Å². The zero-order chi connectivity index (χ0) is 19.6. The van der Waals surface area contributed by atoms with Gasteiger partial charge in [-0.15, -0.1) is 0 Å². The average Bonchev–Trinajstić information content (AvgIpc) is 2.68. The first-order chi connectivity index (χ1) is 13.0. The Morgan fingerprint density at radius 3 is 2.44 bits per heavy atom. The number of rotatable bonds is 4. The lowest BCUT2D eigenvalue weighted by atomic mass is 9.94. The summed E-state index contributed by atoms with van der Waals surface area (Å²) < 4.78 is 23.8. The second-order valence-electron chi connectivity index (χ2n) is 5.93. The van der Waals surface area contributed by atoms with E-state index in [1.807, 2.05) is 24.3 Å². The SMILES string of the molecule is COC(=O)C1=C(C)N(c2ccccc2OC)C(=S)N[C@H]1c1ccc(F)cc1. The van der Waals surface area contributed by atoms with Gasteiger partial charge in [0.2, 0.25) is 0 Å². The second kappa shape index (κ2) is 7.75. The van der Waals surface area contributed by atoms with Crippen LogP contribution in [0.25, 0.3) is 0 Å². The number of carbonyl (C=O) groups excluding carboxylic acids is 1. The average molecular weight is 386 g/mol. The van der Waals surface area contributed by atoms with E-state index in [4.69, 9.17) is 21.7 Å². The monoisotopic (exact) mass is 386 g/mol. The molecule has 7 heteroatoms. The summed E-state index contributed by atoms with van der Waals surface area (Å²) >= 11 is 5.57. The first-order valence-electron chi connectivity index (χ1n) is 8.26. The van der Waals surface area contributed by atoms with Gasteiger partial charge in [0.25, 0.3) is 0 Å². The van der Waals surface area contributed by atoms with Crippen molar-refractivity contribution < 1.29 is 18.7 Å². The first-order valence-corrected chi connectivity index (χ1v) is 8.67. The Bertz CT molecular complexity index is 912. The van der Waals surface area contributed by atoms with Crippen molar-refractivity contribution in [2.75, 3.05) is 19.1 Å². The highest BCUT2D eigenvalue weighted by molar-refractivity contribution is 7.80. The Kier molecular flexibility index (Phi) is 5.41. The number of nitrogens with zero attached hydrogens (tertiary/aromatic N) is 1. The van der Waals surface area contributed by atoms with Crippen LogP contribution in [-0.2, 0) is 9.53 Å². The van der Waals surface area contributed by atoms with E-state index >= 15 is 0 Å². The van der Waals surface area contributed by atoms with Gasteiger partial charge in [0.1, 0.15) is 11.6 Å². The number of para-hydroxylation sites is 2. The molecule has 2 aromatic carbocycles. The standard InChI is InChI=1S/C20H19FN2O3S/c1-12-17(19(24)26-3)18(13-8-10-14(21)11-9-13)22-20(27)23(12)15-6-4-5-7-16(15)25-2/h4-11,18H,1-3H3,(H,22,27)/t18-/m0/s1. The van der Waals surface area contributed by atoms with Crippen LogP contribution in [0.3, 0.4) is 0 Å². The highest BCUT2D eigenvalue weighted by Gasteiger charge is 2.36. The number of hydrogen-bond donors (Lipinski definition) is 1. The molecule has 1 heterocycles. The number of ether oxygens (including phenoxy) is 2. The van der Waals surface area contributed by atoms with Gasteiger partial charge in [-0.05, 0) is 49.0 Å². The van der Waals surface area contributed by atoms with E-state index in [0.717, 1.165) is 0 Å². The lowest BCUT2D eigenvalue weighted by Gasteiger charge is -2.37. The number of hydrogen-bond acceptors (Lipinski definition) is 4. The maximum atomic E-state index is 13.3. The molecular weight excluding hydrogens is 367 g/mol. The number of anilines is 1. The molecule has 1 aliphatic heterocycles. The van der Waals surface area contributed by atoms with Gasteiger partial charge >= 0.3 is 5.97 Å². The van der Waals surface area contributed by atoms with E-state index in [9.17, 15) is 9.18 Å². The van der Waals surface area contributed by atoms with Crippen molar-refractivity contribution >= 4 is 29.0 Å². The largest absolute Gasteiger partial charge is 0.495 e. The summed E-state index contributed by atoms with van der Waals surface area (Å²) in [5, 5.41) is 3.57. The predicted octanol–water partition coefficient (Wildman–Crippen LogP) is 3.72. The van der Waals surface area contributed by atoms with Crippen molar-refractivity contribution in [1.82, 2.24) is 5.32 Å². The quantitative estimate of drug-likeness (QED) is 0.639. The molecule has 0 unspecified atom stereocenters. The van der Waals surface area contributed by atoms with Crippen molar-refractivity contribution in [3.05, 3.63) is 71.2 Å². The minimum Gasteiger partial charge on any atom is -0.495 e. The van der Waals surface area contributed by atoms with Gasteiger partial charge in [-0.1, -0.05) is 24.3 Å². The smallest absolute Gasteiger partial charge is 0.337 e. The lowest BCUT2D eigenvalue weighted by molar-refractivity contribution is -0.136. The van der Waals surface area contributed by atoms with Crippen LogP contribution in [-0.4, -0.2) is 25.3 Å². The molecule has 5 nitrogen and oxygen atoms in total. The van der Waals surface area contributed by atoms with Crippen LogP contribution < -0.4 is 15.0 Å². The van der Waals surface area contributed by atoms with E-state index < -0.39 is 12.0 Å². The van der Waals surface area contributed by atoms with Crippen LogP contribution in [0.15, 0.2) is 59.8 Å². The van der Waals surface area contributed by atoms with Crippen LogP contribution in [0.4, 0.5) is 10.1 Å². The molecule has 140 valence electrons. The number of benzene rings is 2. The fraction of sp³-hybridized carbons (Fsp3) is 0.200. The normalized spacial score (nSPS) is 16.8. The van der Waals surface area contributed by atoms with Gasteiger partial charge in [-0.2, -0.15) is 0 Å². The van der Waals surface area contributed by atoms with Crippen molar-refractivity contribution in [3.63, 3.8) is 0 Å². The molecule has 1 N–H and O–H groups in total. The summed E-state index contributed by atoms with van der Waals surface area (Å²) in [7, 11) is 2.89. The molecule has 1 aliphatic rings. The van der Waals surface area contributed by atoms with E-state index in [1.165, 1.54) is 19.2 Å². The number of thiocarbonyl (C=S) groups is 1. The topological polar surface area (TPSA) is 50.8 Å². The number of carbonyl (C=O) groups is 1. The summed E-state index contributed by atoms with van der Waals surface area (Å²) in [5.74, 6) is -0.227. The number of allylic oxidation sites excluding steroid dienone is 1. The highest BCUT2D eigenvalue weighted by Crippen LogP contribution is 2.37. The number of methoxy groups -OCH3 is 2. The van der Waals surface area contributed by atoms with Crippen LogP contribution in [0.2, 0.25) is 0 Å². The maximum Gasteiger partial charge on any atom is 0.337 e. The predicted molar refractivity (Wildman–Crippen MR) is 105 cm³/mol. The third-order valence-corrected chi connectivity index (χ3v) is 4.72. The first kappa shape index (κ1) is 18.8. The van der Waals surface area contributed by atoms with Crippen molar-refractivity contribution in [2.45, 2.75) is 13.0 Å². The third kappa shape index (κ3) is 3.50. The Balaban J connectivity index is 2.16. The van der Waals surface area contributed by atoms with E-state index in [0.29, 0.717) is 33.4 Å². The molecule has 0 aromatic heterocycles. The number of halogens is 1. The fourth-order valence-corrected chi connectivity index (χ4v) is 3.48. The number of esters is 1. The van der Waals surface area contributed by atoms with E-state index in [-0.39, 0.29) is 5.82 Å². The zero-order valence-corrected chi connectivity index (χ0v) is 16.0. The van der Waals surface area contributed by atoms with Gasteiger partial charge in [0.15, 0.2) is 5.11 Å². The second-order valence-corrected chi connectivity index (χ2v) is 6.32. The highest BCUT2D eigenvalue weighted by atomic mass is 32.1. The molecule has 0 aliphatic carbocycles. The minimum atomic E-state index is -0.545. The van der Waals surface area contributed by atoms with E-state index in [2.05, 4.69) is 5.32 Å². The van der Waals surface area contributed by atoms with Gasteiger partial charge < -0.3 is 14.8 Å². The molecule has 1 atom stereocenters. The van der Waals surface area contributed by atoms with Crippen LogP contribution in [0, 0.1) is 5.82 Å². The molecule has 0 radical (unpaired) electrons. The third-order valence-electron chi connectivity index (χ3n) is 4.42. The summed E-state index contributed by atoms with van der Waals surface area (Å²) in [6, 6.07) is 12.8. The minimum absolute atomic E-state index is 0.354. The maximum absolute atomic E-state index is 13.3. The van der Waals surface area contributed by atoms with Crippen molar-refractivity contribution in [2.24, 2.45) is 0 Å². The summed E-state index contributed by atoms with van der Waals surface area (Å²) in [4.78, 5) is 14.3. The molecule has 2 aromatic rings.